The van der Waals surface area contributed by atoms with Crippen LogP contribution in [0.2, 0.25) is 0 Å². The van der Waals surface area contributed by atoms with Gasteiger partial charge < -0.3 is 20.1 Å². The largest absolute Gasteiger partial charge is 0.484 e. The van der Waals surface area contributed by atoms with E-state index in [1.165, 1.54) is 0 Å². The Kier molecular flexibility index (Phi) is 7.00. The number of ether oxygens (including phenoxy) is 1. The molecule has 2 N–H and O–H groups in total. The molecule has 1 aliphatic heterocycles. The first kappa shape index (κ1) is 19.8. The van der Waals surface area contributed by atoms with Crippen LogP contribution in [0.1, 0.15) is 26.7 Å². The van der Waals surface area contributed by atoms with Crippen LogP contribution in [0.3, 0.4) is 0 Å². The van der Waals surface area contributed by atoms with Gasteiger partial charge in [0.1, 0.15) is 11.8 Å². The van der Waals surface area contributed by atoms with E-state index in [-0.39, 0.29) is 30.9 Å². The summed E-state index contributed by atoms with van der Waals surface area (Å²) in [5.74, 6) is -1.53. The fourth-order valence-corrected chi connectivity index (χ4v) is 2.96. The lowest BCUT2D eigenvalue weighted by Gasteiger charge is -2.32. The lowest BCUT2D eigenvalue weighted by atomic mass is 9.95. The van der Waals surface area contributed by atoms with Gasteiger partial charge in [-0.1, -0.05) is 32.0 Å². The number of carboxylic acids is 1. The highest BCUT2D eigenvalue weighted by atomic mass is 16.5. The third-order valence-corrected chi connectivity index (χ3v) is 4.48. The summed E-state index contributed by atoms with van der Waals surface area (Å²) >= 11 is 0. The predicted molar refractivity (Wildman–Crippen MR) is 95.6 cm³/mol. The monoisotopic (exact) mass is 362 g/mol. The first-order valence-corrected chi connectivity index (χ1v) is 8.87. The van der Waals surface area contributed by atoms with Gasteiger partial charge in [0, 0.05) is 13.1 Å². The minimum absolute atomic E-state index is 0.0813. The second-order valence-electron chi connectivity index (χ2n) is 6.85. The molecule has 0 bridgehead atoms. The van der Waals surface area contributed by atoms with Crippen molar-refractivity contribution >= 4 is 17.8 Å². The number of para-hydroxylation sites is 1. The molecule has 0 radical (unpaired) electrons. The Morgan fingerprint density at radius 1 is 1.27 bits per heavy atom. The van der Waals surface area contributed by atoms with E-state index in [1.54, 1.807) is 30.9 Å². The van der Waals surface area contributed by atoms with E-state index < -0.39 is 17.9 Å². The first-order valence-electron chi connectivity index (χ1n) is 8.87. The van der Waals surface area contributed by atoms with E-state index in [9.17, 15) is 19.5 Å². The molecule has 2 amide bonds. The lowest BCUT2D eigenvalue weighted by molar-refractivity contribution is -0.145. The molecule has 1 aliphatic rings. The zero-order valence-electron chi connectivity index (χ0n) is 15.2. The number of piperidine rings is 1. The highest BCUT2D eigenvalue weighted by Gasteiger charge is 2.32. The maximum atomic E-state index is 12.4. The lowest BCUT2D eigenvalue weighted by Crippen LogP contribution is -2.51. The van der Waals surface area contributed by atoms with Gasteiger partial charge in [-0.2, -0.15) is 0 Å². The fraction of sp³-hybridized carbons (Fsp3) is 0.526. The fourth-order valence-electron chi connectivity index (χ4n) is 2.96. The Bertz CT molecular complexity index is 632. The van der Waals surface area contributed by atoms with Crippen LogP contribution >= 0.6 is 0 Å². The van der Waals surface area contributed by atoms with Crippen molar-refractivity contribution in [1.29, 1.82) is 0 Å². The molecule has 1 aromatic carbocycles. The molecule has 2 rings (SSSR count). The van der Waals surface area contributed by atoms with E-state index in [2.05, 4.69) is 5.32 Å². The van der Waals surface area contributed by atoms with Crippen LogP contribution in [-0.4, -0.2) is 53.5 Å². The summed E-state index contributed by atoms with van der Waals surface area (Å²) in [5.41, 5.74) is 0. The van der Waals surface area contributed by atoms with Crippen LogP contribution in [0.5, 0.6) is 5.75 Å². The van der Waals surface area contributed by atoms with Gasteiger partial charge in [-0.05, 0) is 30.9 Å². The maximum Gasteiger partial charge on any atom is 0.326 e. The Morgan fingerprint density at radius 3 is 2.58 bits per heavy atom. The molecule has 1 saturated heterocycles. The van der Waals surface area contributed by atoms with E-state index in [4.69, 9.17) is 4.74 Å². The minimum atomic E-state index is -1.05. The van der Waals surface area contributed by atoms with Crippen LogP contribution in [0, 0.1) is 11.8 Å². The van der Waals surface area contributed by atoms with Crippen molar-refractivity contribution in [2.45, 2.75) is 32.7 Å². The molecule has 2 atom stereocenters. The SMILES string of the molecule is CC(C)[C@@H](NC(=O)C1CCCN(C(=O)COc2ccccc2)C1)C(=O)O. The molecule has 7 nitrogen and oxygen atoms in total. The summed E-state index contributed by atoms with van der Waals surface area (Å²) in [6.45, 7) is 4.27. The zero-order chi connectivity index (χ0) is 19.1. The molecule has 1 unspecified atom stereocenters. The highest BCUT2D eigenvalue weighted by Crippen LogP contribution is 2.18. The summed E-state index contributed by atoms with van der Waals surface area (Å²) in [5, 5.41) is 11.8. The molecule has 0 spiro atoms. The zero-order valence-corrected chi connectivity index (χ0v) is 15.2. The number of benzene rings is 1. The molecule has 142 valence electrons. The summed E-state index contributed by atoms with van der Waals surface area (Å²) in [6.07, 6.45) is 1.34. The molecule has 26 heavy (non-hydrogen) atoms. The van der Waals surface area contributed by atoms with Crippen molar-refractivity contribution in [1.82, 2.24) is 10.2 Å². The first-order chi connectivity index (χ1) is 12.4. The number of nitrogens with one attached hydrogen (secondary N) is 1. The van der Waals surface area contributed by atoms with Crippen molar-refractivity contribution in [3.05, 3.63) is 30.3 Å². The van der Waals surface area contributed by atoms with Gasteiger partial charge in [-0.25, -0.2) is 4.79 Å². The predicted octanol–water partition coefficient (Wildman–Crippen LogP) is 1.53. The number of likely N-dealkylation sites (tertiary alicyclic amines) is 1. The van der Waals surface area contributed by atoms with Crippen molar-refractivity contribution in [3.63, 3.8) is 0 Å². The minimum Gasteiger partial charge on any atom is -0.484 e. The summed E-state index contributed by atoms with van der Waals surface area (Å²) in [6, 6.07) is 8.15. The smallest absolute Gasteiger partial charge is 0.326 e. The van der Waals surface area contributed by atoms with Crippen molar-refractivity contribution in [2.75, 3.05) is 19.7 Å². The Labute approximate surface area is 153 Å². The van der Waals surface area contributed by atoms with Crippen LogP contribution < -0.4 is 10.1 Å². The molecule has 1 heterocycles. The second kappa shape index (κ2) is 9.22. The molecule has 0 aliphatic carbocycles. The van der Waals surface area contributed by atoms with Crippen molar-refractivity contribution in [3.8, 4) is 5.75 Å². The number of carbonyl (C=O) groups is 3. The third kappa shape index (κ3) is 5.47. The Balaban J connectivity index is 1.88. The van der Waals surface area contributed by atoms with Gasteiger partial charge in [0.15, 0.2) is 6.61 Å². The Hall–Kier alpha value is -2.57. The topological polar surface area (TPSA) is 95.9 Å². The Morgan fingerprint density at radius 2 is 1.96 bits per heavy atom. The number of nitrogens with zero attached hydrogens (tertiary/aromatic N) is 1. The van der Waals surface area contributed by atoms with Crippen molar-refractivity contribution in [2.24, 2.45) is 11.8 Å². The molecule has 0 aromatic heterocycles. The van der Waals surface area contributed by atoms with E-state index in [1.807, 2.05) is 18.2 Å². The van der Waals surface area contributed by atoms with Crippen LogP contribution in [0.25, 0.3) is 0 Å². The van der Waals surface area contributed by atoms with Crippen LogP contribution in [0.4, 0.5) is 0 Å². The standard InChI is InChI=1S/C19H26N2O5/c1-13(2)17(19(24)25)20-18(23)14-7-6-10-21(11-14)16(22)12-26-15-8-4-3-5-9-15/h3-5,8-9,13-14,17H,6-7,10-12H2,1-2H3,(H,20,23)(H,24,25)/t14?,17-/m1/s1. The van der Waals surface area contributed by atoms with Gasteiger partial charge >= 0.3 is 5.97 Å². The number of carbonyl (C=O) groups excluding carboxylic acids is 2. The van der Waals surface area contributed by atoms with Crippen molar-refractivity contribution < 1.29 is 24.2 Å². The van der Waals surface area contributed by atoms with Crippen LogP contribution in [-0.2, 0) is 14.4 Å². The van der Waals surface area contributed by atoms with E-state index in [0.29, 0.717) is 25.1 Å². The summed E-state index contributed by atoms with van der Waals surface area (Å²) < 4.78 is 5.47. The summed E-state index contributed by atoms with van der Waals surface area (Å²) in [7, 11) is 0. The van der Waals surface area contributed by atoms with Gasteiger partial charge in [0.2, 0.25) is 5.91 Å². The molecule has 7 heteroatoms. The number of amides is 2. The van der Waals surface area contributed by atoms with Gasteiger partial charge in [0.25, 0.3) is 5.91 Å². The third-order valence-electron chi connectivity index (χ3n) is 4.48. The second-order valence-corrected chi connectivity index (χ2v) is 6.85. The van der Waals surface area contributed by atoms with Crippen LogP contribution in [0.15, 0.2) is 30.3 Å². The average Bonchev–Trinajstić information content (AvgIpc) is 2.64. The molecule has 1 fully saturated rings. The number of hydrogen-bond donors (Lipinski definition) is 2. The number of aliphatic carboxylic acids is 1. The number of hydrogen-bond acceptors (Lipinski definition) is 4. The molecular formula is C19H26N2O5. The number of carboxylic acid groups (broad SMARTS) is 1. The molecular weight excluding hydrogens is 336 g/mol. The maximum absolute atomic E-state index is 12.4. The van der Waals surface area contributed by atoms with Gasteiger partial charge in [0.05, 0.1) is 5.92 Å². The van der Waals surface area contributed by atoms with Gasteiger partial charge in [-0.15, -0.1) is 0 Å². The van der Waals surface area contributed by atoms with E-state index in [0.717, 1.165) is 0 Å². The average molecular weight is 362 g/mol. The highest BCUT2D eigenvalue weighted by molar-refractivity contribution is 5.86. The normalized spacial score (nSPS) is 18.3. The van der Waals surface area contributed by atoms with E-state index >= 15 is 0 Å². The summed E-state index contributed by atoms with van der Waals surface area (Å²) in [4.78, 5) is 37.6. The quantitative estimate of drug-likeness (QED) is 0.767. The molecule has 1 aromatic rings. The molecule has 0 saturated carbocycles. The number of rotatable bonds is 7. The van der Waals surface area contributed by atoms with Gasteiger partial charge in [-0.3, -0.25) is 9.59 Å².